The van der Waals surface area contributed by atoms with Crippen LogP contribution in [0.25, 0.3) is 0 Å². The lowest BCUT2D eigenvalue weighted by molar-refractivity contribution is 0.601. The van der Waals surface area contributed by atoms with Gasteiger partial charge in [0.2, 0.25) is 0 Å². The second-order valence-electron chi connectivity index (χ2n) is 6.35. The molecule has 0 aromatic heterocycles. The predicted molar refractivity (Wildman–Crippen MR) is 105 cm³/mol. The Hall–Kier alpha value is -1.57. The van der Waals surface area contributed by atoms with Crippen molar-refractivity contribution in [1.82, 2.24) is 0 Å². The van der Waals surface area contributed by atoms with E-state index in [0.29, 0.717) is 16.3 Å². The van der Waals surface area contributed by atoms with Gasteiger partial charge in [-0.15, -0.1) is 0 Å². The van der Waals surface area contributed by atoms with E-state index in [1.165, 1.54) is 17.8 Å². The average molecular weight is 411 g/mol. The summed E-state index contributed by atoms with van der Waals surface area (Å²) in [5, 5.41) is 1.33. The molecule has 4 rings (SSSR count). The highest BCUT2D eigenvalue weighted by Gasteiger charge is 2.47. The molecule has 0 N–H and O–H groups in total. The Morgan fingerprint density at radius 3 is 2.62 bits per heavy atom. The van der Waals surface area contributed by atoms with E-state index in [9.17, 15) is 12.8 Å². The van der Waals surface area contributed by atoms with Gasteiger partial charge in [-0.2, -0.15) is 0 Å². The minimum atomic E-state index is -3.10. The van der Waals surface area contributed by atoms with Crippen molar-refractivity contribution in [3.63, 3.8) is 0 Å². The molecule has 2 heterocycles. The standard InChI is InChI=1S/C18H16ClFN2O2S2/c19-13-5-7-14(8-6-13)22-17-11-26(23,24)10-16(17)21-18(22)25-9-12-3-1-2-4-15(12)20/h1-8,16-17H,9-11H2. The Kier molecular flexibility index (Phi) is 4.71. The molecule has 2 aliphatic rings. The van der Waals surface area contributed by atoms with E-state index in [1.807, 2.05) is 17.0 Å². The zero-order valence-corrected chi connectivity index (χ0v) is 16.1. The molecule has 0 radical (unpaired) electrons. The van der Waals surface area contributed by atoms with Crippen molar-refractivity contribution in [2.24, 2.45) is 4.99 Å². The number of benzene rings is 2. The van der Waals surface area contributed by atoms with Gasteiger partial charge < -0.3 is 4.90 Å². The molecule has 2 aliphatic heterocycles. The van der Waals surface area contributed by atoms with E-state index >= 15 is 0 Å². The molecule has 2 unspecified atom stereocenters. The first-order valence-corrected chi connectivity index (χ1v) is 11.3. The summed E-state index contributed by atoms with van der Waals surface area (Å²) in [5.74, 6) is 0.320. The van der Waals surface area contributed by atoms with Crippen LogP contribution in [0.1, 0.15) is 5.56 Å². The number of nitrogens with zero attached hydrogens (tertiary/aromatic N) is 2. The zero-order valence-electron chi connectivity index (χ0n) is 13.7. The highest BCUT2D eigenvalue weighted by Crippen LogP contribution is 2.36. The summed E-state index contributed by atoms with van der Waals surface area (Å²) >= 11 is 7.40. The van der Waals surface area contributed by atoms with Gasteiger partial charge in [0.05, 0.1) is 23.6 Å². The molecule has 1 fully saturated rings. The monoisotopic (exact) mass is 410 g/mol. The second-order valence-corrected chi connectivity index (χ2v) is 9.88. The first-order valence-electron chi connectivity index (χ1n) is 8.12. The van der Waals surface area contributed by atoms with Crippen LogP contribution in [0.5, 0.6) is 0 Å². The van der Waals surface area contributed by atoms with Crippen LogP contribution >= 0.6 is 23.4 Å². The molecule has 0 aliphatic carbocycles. The first kappa shape index (κ1) is 17.8. The third kappa shape index (κ3) is 3.48. The molecule has 8 heteroatoms. The molecule has 0 amide bonds. The quantitative estimate of drug-likeness (QED) is 0.773. The van der Waals surface area contributed by atoms with Crippen molar-refractivity contribution < 1.29 is 12.8 Å². The Labute approximate surface area is 161 Å². The Morgan fingerprint density at radius 2 is 1.88 bits per heavy atom. The van der Waals surface area contributed by atoms with Crippen LogP contribution in [0.2, 0.25) is 5.02 Å². The largest absolute Gasteiger partial charge is 0.315 e. The number of hydrogen-bond acceptors (Lipinski definition) is 5. The number of amidine groups is 1. The number of sulfone groups is 1. The fraction of sp³-hybridized carbons (Fsp3) is 0.278. The summed E-state index contributed by atoms with van der Waals surface area (Å²) in [6.45, 7) is 0. The minimum Gasteiger partial charge on any atom is -0.315 e. The summed E-state index contributed by atoms with van der Waals surface area (Å²) in [6, 6.07) is 13.4. The van der Waals surface area contributed by atoms with Crippen molar-refractivity contribution in [3.8, 4) is 0 Å². The van der Waals surface area contributed by atoms with Gasteiger partial charge in [-0.3, -0.25) is 4.99 Å². The third-order valence-corrected chi connectivity index (χ3v) is 7.49. The Balaban J connectivity index is 1.63. The van der Waals surface area contributed by atoms with E-state index in [0.717, 1.165) is 10.9 Å². The summed E-state index contributed by atoms with van der Waals surface area (Å²) < 4.78 is 38.0. The number of fused-ring (bicyclic) bond motifs is 1. The smallest absolute Gasteiger partial charge is 0.164 e. The highest BCUT2D eigenvalue weighted by atomic mass is 35.5. The van der Waals surface area contributed by atoms with Gasteiger partial charge in [0.15, 0.2) is 15.0 Å². The van der Waals surface area contributed by atoms with Crippen LogP contribution in [0.3, 0.4) is 0 Å². The number of rotatable bonds is 3. The summed E-state index contributed by atoms with van der Waals surface area (Å²) in [7, 11) is -3.10. The lowest BCUT2D eigenvalue weighted by Gasteiger charge is -2.26. The number of aliphatic imine (C=N–C) groups is 1. The van der Waals surface area contributed by atoms with Crippen LogP contribution in [-0.4, -0.2) is 37.2 Å². The molecule has 0 saturated carbocycles. The van der Waals surface area contributed by atoms with Crippen LogP contribution in [-0.2, 0) is 15.6 Å². The van der Waals surface area contributed by atoms with Gasteiger partial charge in [0.1, 0.15) is 5.82 Å². The van der Waals surface area contributed by atoms with Crippen LogP contribution < -0.4 is 4.90 Å². The normalized spacial score (nSPS) is 23.8. The van der Waals surface area contributed by atoms with Gasteiger partial charge in [0, 0.05) is 16.5 Å². The molecule has 2 aromatic rings. The van der Waals surface area contributed by atoms with Crippen molar-refractivity contribution >= 4 is 44.1 Å². The summed E-state index contributed by atoms with van der Waals surface area (Å²) in [6.07, 6.45) is 0. The van der Waals surface area contributed by atoms with Gasteiger partial charge in [-0.1, -0.05) is 41.6 Å². The minimum absolute atomic E-state index is 0.0610. The molecule has 4 nitrogen and oxygen atoms in total. The fourth-order valence-corrected chi connectivity index (χ4v) is 6.37. The van der Waals surface area contributed by atoms with Gasteiger partial charge in [-0.25, -0.2) is 12.8 Å². The third-order valence-electron chi connectivity index (χ3n) is 4.53. The van der Waals surface area contributed by atoms with Crippen LogP contribution in [0.4, 0.5) is 10.1 Å². The average Bonchev–Trinajstić information content (AvgIpc) is 3.06. The van der Waals surface area contributed by atoms with Crippen LogP contribution in [0.15, 0.2) is 53.5 Å². The Bertz CT molecular complexity index is 963. The zero-order chi connectivity index (χ0) is 18.3. The maximum atomic E-state index is 13.9. The van der Waals surface area contributed by atoms with Crippen molar-refractivity contribution in [1.29, 1.82) is 0 Å². The van der Waals surface area contributed by atoms with Gasteiger partial charge in [0.25, 0.3) is 0 Å². The second kappa shape index (κ2) is 6.87. The Morgan fingerprint density at radius 1 is 1.15 bits per heavy atom. The van der Waals surface area contributed by atoms with Crippen molar-refractivity contribution in [3.05, 3.63) is 64.9 Å². The molecule has 0 bridgehead atoms. The lowest BCUT2D eigenvalue weighted by Crippen LogP contribution is -2.39. The SMILES string of the molecule is O=S1(=O)CC2N=C(SCc3ccccc3F)N(c3ccc(Cl)cc3)C2C1. The van der Waals surface area contributed by atoms with Gasteiger partial charge in [-0.05, 0) is 35.9 Å². The van der Waals surface area contributed by atoms with E-state index in [4.69, 9.17) is 11.6 Å². The molecule has 2 aromatic carbocycles. The number of hydrogen-bond donors (Lipinski definition) is 0. The van der Waals surface area contributed by atoms with Crippen molar-refractivity contribution in [2.45, 2.75) is 17.8 Å². The summed E-state index contributed by atoms with van der Waals surface area (Å²) in [4.78, 5) is 6.60. The van der Waals surface area contributed by atoms with E-state index in [1.54, 1.807) is 30.3 Å². The van der Waals surface area contributed by atoms with E-state index in [2.05, 4.69) is 4.99 Å². The molecule has 136 valence electrons. The maximum absolute atomic E-state index is 13.9. The molecule has 2 atom stereocenters. The lowest BCUT2D eigenvalue weighted by atomic mass is 10.1. The molecule has 1 saturated heterocycles. The molecular formula is C18H16ClFN2O2S2. The first-order chi connectivity index (χ1) is 12.4. The van der Waals surface area contributed by atoms with E-state index < -0.39 is 9.84 Å². The number of halogens is 2. The highest BCUT2D eigenvalue weighted by molar-refractivity contribution is 8.13. The number of thioether (sulfide) groups is 1. The predicted octanol–water partition coefficient (Wildman–Crippen LogP) is 3.75. The van der Waals surface area contributed by atoms with Gasteiger partial charge >= 0.3 is 0 Å². The van der Waals surface area contributed by atoms with E-state index in [-0.39, 0.29) is 29.4 Å². The van der Waals surface area contributed by atoms with Crippen LogP contribution in [0, 0.1) is 5.82 Å². The summed E-state index contributed by atoms with van der Waals surface area (Å²) in [5.41, 5.74) is 1.44. The fourth-order valence-electron chi connectivity index (χ4n) is 3.29. The molecule has 0 spiro atoms. The molecule has 26 heavy (non-hydrogen) atoms. The number of anilines is 1. The molecular weight excluding hydrogens is 395 g/mol. The maximum Gasteiger partial charge on any atom is 0.164 e. The topological polar surface area (TPSA) is 49.7 Å². The van der Waals surface area contributed by atoms with Crippen molar-refractivity contribution in [2.75, 3.05) is 16.4 Å².